The van der Waals surface area contributed by atoms with Crippen LogP contribution in [-0.4, -0.2) is 51.1 Å². The summed E-state index contributed by atoms with van der Waals surface area (Å²) in [4.78, 5) is 7.43. The number of pyridine rings is 2. The van der Waals surface area contributed by atoms with Crippen LogP contribution in [0, 0.1) is 28.5 Å². The molecule has 8 nitrogen and oxygen atoms in total. The van der Waals surface area contributed by atoms with Crippen molar-refractivity contribution in [2.45, 2.75) is 15.9 Å². The highest BCUT2D eigenvalue weighted by atomic mass is 32.2. The molecule has 0 aliphatic carbocycles. The Morgan fingerprint density at radius 1 is 1.09 bits per heavy atom. The van der Waals surface area contributed by atoms with Crippen molar-refractivity contribution < 1.29 is 14.6 Å². The fourth-order valence-electron chi connectivity index (χ4n) is 3.45. The van der Waals surface area contributed by atoms with Gasteiger partial charge in [0.25, 0.3) is 0 Å². The summed E-state index contributed by atoms with van der Waals surface area (Å²) in [5, 5.41) is 42.0. The lowest BCUT2D eigenvalue weighted by atomic mass is 10.1. The molecule has 0 fully saturated rings. The van der Waals surface area contributed by atoms with E-state index in [1.807, 2.05) is 18.2 Å². The largest absolute Gasteiger partial charge is 0.394 e. The van der Waals surface area contributed by atoms with Gasteiger partial charge in [0.05, 0.1) is 35.6 Å². The number of aromatic nitrogens is 3. The van der Waals surface area contributed by atoms with Gasteiger partial charge in [-0.25, -0.2) is 13.9 Å². The molecule has 4 rings (SSSR count). The van der Waals surface area contributed by atoms with E-state index in [4.69, 9.17) is 5.11 Å². The van der Waals surface area contributed by atoms with Crippen molar-refractivity contribution in [1.82, 2.24) is 14.6 Å². The van der Waals surface area contributed by atoms with Crippen molar-refractivity contribution in [1.29, 1.82) is 10.5 Å². The molecule has 10 heteroatoms. The summed E-state index contributed by atoms with van der Waals surface area (Å²) in [6.07, 6.45) is 4.07. The number of aliphatic hydroxyl groups excluding tert-OH is 2. The third-order valence-electron chi connectivity index (χ3n) is 5.15. The van der Waals surface area contributed by atoms with Gasteiger partial charge in [0.15, 0.2) is 0 Å². The van der Waals surface area contributed by atoms with E-state index in [1.54, 1.807) is 34.9 Å². The highest BCUT2D eigenvalue weighted by molar-refractivity contribution is 7.99. The number of anilines is 1. The van der Waals surface area contributed by atoms with E-state index < -0.39 is 11.9 Å². The highest BCUT2D eigenvalue weighted by Crippen LogP contribution is 2.37. The summed E-state index contributed by atoms with van der Waals surface area (Å²) in [6, 6.07) is 13.7. The molecule has 1 atom stereocenters. The van der Waals surface area contributed by atoms with Crippen LogP contribution >= 0.6 is 11.8 Å². The van der Waals surface area contributed by atoms with Crippen LogP contribution in [0.3, 0.4) is 0 Å². The number of halogens is 1. The number of fused-ring (bicyclic) bond motifs is 1. The second kappa shape index (κ2) is 9.89. The number of nitriles is 2. The summed E-state index contributed by atoms with van der Waals surface area (Å²) in [5.74, 6) is 0.132. The number of rotatable bonds is 7. The molecule has 1 unspecified atom stereocenters. The Morgan fingerprint density at radius 2 is 1.88 bits per heavy atom. The maximum Gasteiger partial charge on any atom is 0.128 e. The second-order valence-electron chi connectivity index (χ2n) is 7.53. The molecular formula is C24H19FN6O2S. The van der Waals surface area contributed by atoms with Gasteiger partial charge in [-0.1, -0.05) is 11.8 Å². The van der Waals surface area contributed by atoms with Crippen molar-refractivity contribution in [2.75, 3.05) is 25.1 Å². The predicted molar refractivity (Wildman–Crippen MR) is 125 cm³/mol. The number of hydrogen-bond acceptors (Lipinski definition) is 8. The highest BCUT2D eigenvalue weighted by Gasteiger charge is 2.16. The van der Waals surface area contributed by atoms with E-state index in [-0.39, 0.29) is 18.7 Å². The lowest BCUT2D eigenvalue weighted by Crippen LogP contribution is -2.31. The van der Waals surface area contributed by atoms with Gasteiger partial charge >= 0.3 is 0 Å². The van der Waals surface area contributed by atoms with Crippen molar-refractivity contribution in [2.24, 2.45) is 0 Å². The van der Waals surface area contributed by atoms with Crippen LogP contribution in [0.25, 0.3) is 16.6 Å². The molecule has 4 aromatic rings. The number of likely N-dealkylation sites (N-methyl/N-ethyl adjacent to an activating group) is 1. The number of nitrogens with zero attached hydrogens (tertiary/aromatic N) is 6. The Morgan fingerprint density at radius 3 is 2.56 bits per heavy atom. The molecule has 0 saturated heterocycles. The van der Waals surface area contributed by atoms with Crippen LogP contribution in [0.15, 0.2) is 64.8 Å². The monoisotopic (exact) mass is 474 g/mol. The zero-order valence-electron chi connectivity index (χ0n) is 18.1. The normalized spacial score (nSPS) is 11.7. The summed E-state index contributed by atoms with van der Waals surface area (Å²) in [7, 11) is 1.77. The molecule has 0 radical (unpaired) electrons. The maximum absolute atomic E-state index is 13.6. The van der Waals surface area contributed by atoms with E-state index >= 15 is 0 Å². The quantitative estimate of drug-likeness (QED) is 0.419. The Labute approximate surface area is 199 Å². The van der Waals surface area contributed by atoms with Gasteiger partial charge in [-0.2, -0.15) is 15.6 Å². The van der Waals surface area contributed by atoms with Crippen molar-refractivity contribution >= 4 is 23.1 Å². The molecule has 0 bridgehead atoms. The molecule has 170 valence electrons. The summed E-state index contributed by atoms with van der Waals surface area (Å²) in [5.41, 5.74) is 2.74. The molecule has 34 heavy (non-hydrogen) atoms. The minimum absolute atomic E-state index is 0.200. The molecule has 0 spiro atoms. The van der Waals surface area contributed by atoms with Crippen molar-refractivity contribution in [3.05, 3.63) is 71.9 Å². The number of aliphatic hydroxyl groups is 2. The third-order valence-corrected chi connectivity index (χ3v) is 6.25. The van der Waals surface area contributed by atoms with Gasteiger partial charge in [-0.3, -0.25) is 0 Å². The average molecular weight is 475 g/mol. The first-order chi connectivity index (χ1) is 16.4. The third kappa shape index (κ3) is 4.70. The SMILES string of the molecule is CN(CC(O)CO)c1ccc(-c2cc(Sc3ccc(F)cc3C#N)c3c(C#N)cnn3c2)cn1. The lowest BCUT2D eigenvalue weighted by molar-refractivity contribution is 0.101. The van der Waals surface area contributed by atoms with Crippen molar-refractivity contribution in [3.63, 3.8) is 0 Å². The minimum Gasteiger partial charge on any atom is -0.394 e. The molecule has 0 aliphatic rings. The predicted octanol–water partition coefficient (Wildman–Crippen LogP) is 3.22. The van der Waals surface area contributed by atoms with E-state index in [1.165, 1.54) is 36.2 Å². The first kappa shape index (κ1) is 23.2. The Kier molecular flexibility index (Phi) is 6.75. The first-order valence-corrected chi connectivity index (χ1v) is 11.0. The van der Waals surface area contributed by atoms with Gasteiger partial charge in [0.1, 0.15) is 23.8 Å². The van der Waals surface area contributed by atoms with Gasteiger partial charge in [-0.05, 0) is 36.4 Å². The Balaban J connectivity index is 1.74. The lowest BCUT2D eigenvalue weighted by Gasteiger charge is -2.20. The molecule has 0 saturated carbocycles. The number of benzene rings is 1. The fraction of sp³-hybridized carbons (Fsp3) is 0.167. The molecule has 0 amide bonds. The van der Waals surface area contributed by atoms with Crippen molar-refractivity contribution in [3.8, 4) is 23.3 Å². The Bertz CT molecular complexity index is 1420. The minimum atomic E-state index is -0.868. The summed E-state index contributed by atoms with van der Waals surface area (Å²) in [6.45, 7) is -0.0995. The van der Waals surface area contributed by atoms with E-state index in [0.717, 1.165) is 11.1 Å². The van der Waals surface area contributed by atoms with E-state index in [2.05, 4.69) is 16.2 Å². The molecule has 3 aromatic heterocycles. The second-order valence-corrected chi connectivity index (χ2v) is 8.62. The zero-order valence-corrected chi connectivity index (χ0v) is 18.9. The average Bonchev–Trinajstić information content (AvgIpc) is 3.28. The first-order valence-electron chi connectivity index (χ1n) is 10.2. The van der Waals surface area contributed by atoms with Crippen LogP contribution in [0.2, 0.25) is 0 Å². The van der Waals surface area contributed by atoms with E-state index in [9.17, 15) is 20.0 Å². The van der Waals surface area contributed by atoms with Gasteiger partial charge in [0.2, 0.25) is 0 Å². The number of hydrogen-bond donors (Lipinski definition) is 2. The Hall–Kier alpha value is -3.96. The summed E-state index contributed by atoms with van der Waals surface area (Å²) >= 11 is 1.26. The molecule has 0 aliphatic heterocycles. The smallest absolute Gasteiger partial charge is 0.128 e. The zero-order chi connectivity index (χ0) is 24.2. The van der Waals surface area contributed by atoms with Gasteiger partial charge in [0, 0.05) is 46.9 Å². The standard InChI is InChI=1S/C24H19FN6O2S/c1-30(13-20(33)14-32)23-5-2-15(10-28-23)17-7-22(24-18(9-27)11-29-31(24)12-17)34-21-4-3-19(25)6-16(21)8-26/h2-7,10-12,20,32-33H,13-14H2,1H3. The van der Waals surface area contributed by atoms with Crippen LogP contribution < -0.4 is 4.90 Å². The van der Waals surface area contributed by atoms with Crippen LogP contribution in [0.5, 0.6) is 0 Å². The molecule has 2 N–H and O–H groups in total. The molecule has 3 heterocycles. The van der Waals surface area contributed by atoms with Gasteiger partial charge in [-0.15, -0.1) is 0 Å². The van der Waals surface area contributed by atoms with Crippen LogP contribution in [-0.2, 0) is 0 Å². The summed E-state index contributed by atoms with van der Waals surface area (Å²) < 4.78 is 15.2. The van der Waals surface area contributed by atoms with Gasteiger partial charge < -0.3 is 15.1 Å². The maximum atomic E-state index is 13.6. The molecule has 1 aromatic carbocycles. The fourth-order valence-corrected chi connectivity index (χ4v) is 4.52. The molecular weight excluding hydrogens is 455 g/mol. The van der Waals surface area contributed by atoms with E-state index in [0.29, 0.717) is 26.7 Å². The topological polar surface area (TPSA) is 121 Å². The van der Waals surface area contributed by atoms with Crippen LogP contribution in [0.4, 0.5) is 10.2 Å². The van der Waals surface area contributed by atoms with Crippen LogP contribution in [0.1, 0.15) is 11.1 Å².